The van der Waals surface area contributed by atoms with Crippen LogP contribution in [0.5, 0.6) is 11.5 Å². The van der Waals surface area contributed by atoms with Gasteiger partial charge in [-0.3, -0.25) is 4.79 Å². The Labute approximate surface area is 103 Å². The van der Waals surface area contributed by atoms with Crippen molar-refractivity contribution in [3.8, 4) is 11.5 Å². The van der Waals surface area contributed by atoms with E-state index in [1.54, 1.807) is 12.5 Å². The molecule has 2 aromatic rings. The molecule has 6 nitrogen and oxygen atoms in total. The van der Waals surface area contributed by atoms with Crippen LogP contribution in [-0.2, 0) is 6.42 Å². The molecular formula is C12H13N3O3. The van der Waals surface area contributed by atoms with Crippen LogP contribution in [0.2, 0.25) is 0 Å². The summed E-state index contributed by atoms with van der Waals surface area (Å²) in [4.78, 5) is 18.5. The van der Waals surface area contributed by atoms with E-state index >= 15 is 0 Å². The van der Waals surface area contributed by atoms with Crippen LogP contribution in [0.3, 0.4) is 0 Å². The third-order valence-corrected chi connectivity index (χ3v) is 2.46. The number of nitrogens with one attached hydrogen (secondary N) is 2. The molecule has 4 N–H and O–H groups in total. The van der Waals surface area contributed by atoms with Crippen molar-refractivity contribution in [3.05, 3.63) is 42.0 Å². The van der Waals surface area contributed by atoms with Crippen LogP contribution in [0, 0.1) is 0 Å². The van der Waals surface area contributed by atoms with Crippen molar-refractivity contribution in [2.45, 2.75) is 6.42 Å². The molecule has 1 heterocycles. The zero-order valence-electron chi connectivity index (χ0n) is 9.55. The summed E-state index contributed by atoms with van der Waals surface area (Å²) in [5, 5.41) is 21.4. The van der Waals surface area contributed by atoms with Gasteiger partial charge in [0.05, 0.1) is 11.9 Å². The molecule has 6 heteroatoms. The molecule has 0 bridgehead atoms. The number of aromatic amines is 1. The third-order valence-electron chi connectivity index (χ3n) is 2.46. The molecule has 0 saturated heterocycles. The van der Waals surface area contributed by atoms with Crippen LogP contribution in [0.1, 0.15) is 16.1 Å². The lowest BCUT2D eigenvalue weighted by atomic mass is 10.1. The number of aromatic nitrogens is 2. The van der Waals surface area contributed by atoms with Gasteiger partial charge in [-0.15, -0.1) is 0 Å². The number of phenols is 2. The summed E-state index contributed by atoms with van der Waals surface area (Å²) in [6.45, 7) is 0.413. The number of carbonyl (C=O) groups is 1. The minimum absolute atomic E-state index is 0.0552. The number of imidazole rings is 1. The van der Waals surface area contributed by atoms with Crippen LogP contribution in [0.4, 0.5) is 0 Å². The smallest absolute Gasteiger partial charge is 0.255 e. The number of H-pyrrole nitrogens is 1. The zero-order valence-corrected chi connectivity index (χ0v) is 9.55. The van der Waals surface area contributed by atoms with Gasteiger partial charge < -0.3 is 20.5 Å². The Kier molecular flexibility index (Phi) is 3.47. The number of nitrogens with zero attached hydrogens (tertiary/aromatic N) is 1. The Hall–Kier alpha value is -2.50. The van der Waals surface area contributed by atoms with Crippen molar-refractivity contribution in [3.63, 3.8) is 0 Å². The van der Waals surface area contributed by atoms with E-state index in [1.165, 1.54) is 18.2 Å². The van der Waals surface area contributed by atoms with E-state index in [9.17, 15) is 15.0 Å². The minimum Gasteiger partial charge on any atom is -0.508 e. The largest absolute Gasteiger partial charge is 0.508 e. The molecule has 0 unspecified atom stereocenters. The van der Waals surface area contributed by atoms with Gasteiger partial charge in [-0.05, 0) is 18.2 Å². The van der Waals surface area contributed by atoms with Gasteiger partial charge in [0.2, 0.25) is 0 Å². The number of amides is 1. The molecule has 1 aromatic carbocycles. The molecule has 0 aliphatic rings. The van der Waals surface area contributed by atoms with Gasteiger partial charge in [-0.25, -0.2) is 4.98 Å². The van der Waals surface area contributed by atoms with Crippen LogP contribution in [-0.4, -0.2) is 32.6 Å². The van der Waals surface area contributed by atoms with Crippen LogP contribution >= 0.6 is 0 Å². The molecule has 94 valence electrons. The average molecular weight is 247 g/mol. The summed E-state index contributed by atoms with van der Waals surface area (Å²) >= 11 is 0. The quantitative estimate of drug-likeness (QED) is 0.600. The maximum Gasteiger partial charge on any atom is 0.255 e. The van der Waals surface area contributed by atoms with Crippen LogP contribution < -0.4 is 5.32 Å². The first-order valence-corrected chi connectivity index (χ1v) is 5.44. The Morgan fingerprint density at radius 2 is 2.22 bits per heavy atom. The summed E-state index contributed by atoms with van der Waals surface area (Å²) < 4.78 is 0. The highest BCUT2D eigenvalue weighted by Crippen LogP contribution is 2.21. The van der Waals surface area contributed by atoms with E-state index in [2.05, 4.69) is 15.3 Å². The fourth-order valence-corrected chi connectivity index (χ4v) is 1.53. The van der Waals surface area contributed by atoms with E-state index in [-0.39, 0.29) is 17.1 Å². The standard InChI is InChI=1S/C12H13N3O3/c16-9-1-2-11(17)10(5-9)12(18)14-4-3-8-6-13-7-15-8/h1-2,5-7,16-17H,3-4H2,(H,13,15)(H,14,18). The minimum atomic E-state index is -0.428. The third kappa shape index (κ3) is 2.79. The molecule has 0 saturated carbocycles. The summed E-state index contributed by atoms with van der Waals surface area (Å²) in [5.41, 5.74) is 0.968. The number of hydrogen-bond donors (Lipinski definition) is 4. The van der Waals surface area contributed by atoms with E-state index < -0.39 is 5.91 Å². The van der Waals surface area contributed by atoms with E-state index in [4.69, 9.17) is 0 Å². The molecule has 0 fully saturated rings. The van der Waals surface area contributed by atoms with Crippen LogP contribution in [0.25, 0.3) is 0 Å². The maximum atomic E-state index is 11.7. The highest BCUT2D eigenvalue weighted by atomic mass is 16.3. The molecule has 0 aliphatic carbocycles. The van der Waals surface area contributed by atoms with Gasteiger partial charge in [0.25, 0.3) is 5.91 Å². The Morgan fingerprint density at radius 3 is 2.94 bits per heavy atom. The fourth-order valence-electron chi connectivity index (χ4n) is 1.53. The second-order valence-corrected chi connectivity index (χ2v) is 3.78. The Morgan fingerprint density at radius 1 is 1.39 bits per heavy atom. The number of aromatic hydroxyl groups is 2. The summed E-state index contributed by atoms with van der Waals surface area (Å²) in [6, 6.07) is 3.82. The van der Waals surface area contributed by atoms with Gasteiger partial charge in [0.1, 0.15) is 11.5 Å². The predicted molar refractivity (Wildman–Crippen MR) is 64.4 cm³/mol. The van der Waals surface area contributed by atoms with Crippen molar-refractivity contribution in [1.29, 1.82) is 0 Å². The van der Waals surface area contributed by atoms with E-state index in [0.29, 0.717) is 13.0 Å². The van der Waals surface area contributed by atoms with Crippen LogP contribution in [0.15, 0.2) is 30.7 Å². The summed E-state index contributed by atoms with van der Waals surface area (Å²) in [5.74, 6) is -0.652. The van der Waals surface area contributed by atoms with Crippen molar-refractivity contribution in [1.82, 2.24) is 15.3 Å². The molecule has 2 rings (SSSR count). The topological polar surface area (TPSA) is 98.2 Å². The highest BCUT2D eigenvalue weighted by Gasteiger charge is 2.11. The Bertz CT molecular complexity index is 538. The number of phenolic OH excluding ortho intramolecular Hbond substituents is 2. The maximum absolute atomic E-state index is 11.7. The van der Waals surface area contributed by atoms with Gasteiger partial charge in [0, 0.05) is 24.9 Å². The lowest BCUT2D eigenvalue weighted by Gasteiger charge is -2.06. The van der Waals surface area contributed by atoms with E-state index in [1.807, 2.05) is 0 Å². The fraction of sp³-hybridized carbons (Fsp3) is 0.167. The number of rotatable bonds is 4. The second-order valence-electron chi connectivity index (χ2n) is 3.78. The summed E-state index contributed by atoms with van der Waals surface area (Å²) in [7, 11) is 0. The second kappa shape index (κ2) is 5.22. The normalized spacial score (nSPS) is 10.2. The van der Waals surface area contributed by atoms with Gasteiger partial charge in [-0.1, -0.05) is 0 Å². The molecular weight excluding hydrogens is 234 g/mol. The van der Waals surface area contributed by atoms with E-state index in [0.717, 1.165) is 5.69 Å². The lowest BCUT2D eigenvalue weighted by Crippen LogP contribution is -2.25. The van der Waals surface area contributed by atoms with Crippen molar-refractivity contribution in [2.75, 3.05) is 6.54 Å². The molecule has 1 amide bonds. The number of hydrogen-bond acceptors (Lipinski definition) is 4. The Balaban J connectivity index is 1.93. The lowest BCUT2D eigenvalue weighted by molar-refractivity contribution is 0.0951. The molecule has 0 aliphatic heterocycles. The van der Waals surface area contributed by atoms with Gasteiger partial charge in [0.15, 0.2) is 0 Å². The number of carbonyl (C=O) groups excluding carboxylic acids is 1. The van der Waals surface area contributed by atoms with Gasteiger partial charge >= 0.3 is 0 Å². The molecule has 18 heavy (non-hydrogen) atoms. The first-order chi connectivity index (χ1) is 8.66. The highest BCUT2D eigenvalue weighted by molar-refractivity contribution is 5.97. The van der Waals surface area contributed by atoms with Gasteiger partial charge in [-0.2, -0.15) is 0 Å². The average Bonchev–Trinajstić information content (AvgIpc) is 2.85. The van der Waals surface area contributed by atoms with Crippen molar-refractivity contribution >= 4 is 5.91 Å². The van der Waals surface area contributed by atoms with Crippen molar-refractivity contribution in [2.24, 2.45) is 0 Å². The molecule has 0 atom stereocenters. The predicted octanol–water partition coefficient (Wildman–Crippen LogP) is 0.793. The molecule has 1 aromatic heterocycles. The number of benzene rings is 1. The first-order valence-electron chi connectivity index (χ1n) is 5.44. The zero-order chi connectivity index (χ0) is 13.0. The molecule has 0 radical (unpaired) electrons. The SMILES string of the molecule is O=C(NCCc1cnc[nH]1)c1cc(O)ccc1O. The summed E-state index contributed by atoms with van der Waals surface area (Å²) in [6.07, 6.45) is 3.86. The monoisotopic (exact) mass is 247 g/mol. The van der Waals surface area contributed by atoms with Crippen molar-refractivity contribution < 1.29 is 15.0 Å². The first kappa shape index (κ1) is 12.0. The molecule has 0 spiro atoms.